The van der Waals surface area contributed by atoms with Crippen molar-refractivity contribution in [2.45, 2.75) is 13.0 Å². The van der Waals surface area contributed by atoms with Gasteiger partial charge in [0.15, 0.2) is 0 Å². The van der Waals surface area contributed by atoms with Crippen LogP contribution in [-0.4, -0.2) is 24.7 Å². The summed E-state index contributed by atoms with van der Waals surface area (Å²) >= 11 is 0. The molecule has 4 heteroatoms. The normalized spacial score (nSPS) is 22.2. The van der Waals surface area contributed by atoms with Gasteiger partial charge in [-0.1, -0.05) is 0 Å². The number of aryl methyl sites for hydroxylation is 1. The number of nitrogens with one attached hydrogen (secondary N) is 2. The van der Waals surface area contributed by atoms with E-state index in [0.717, 1.165) is 24.3 Å². The second-order valence-corrected chi connectivity index (χ2v) is 3.53. The Morgan fingerprint density at radius 1 is 1.57 bits per heavy atom. The molecule has 2 N–H and O–H groups in total. The highest BCUT2D eigenvalue weighted by atomic mass is 16.5. The molecule has 1 atom stereocenters. The van der Waals surface area contributed by atoms with E-state index >= 15 is 0 Å². The van der Waals surface area contributed by atoms with Crippen LogP contribution in [0.15, 0.2) is 17.1 Å². The van der Waals surface area contributed by atoms with E-state index in [1.807, 2.05) is 13.0 Å². The third-order valence-corrected chi connectivity index (χ3v) is 2.44. The number of aromatic amines is 1. The Labute approximate surface area is 82.3 Å². The average molecular weight is 194 g/mol. The van der Waals surface area contributed by atoms with Crippen LogP contribution in [0.5, 0.6) is 0 Å². The Kier molecular flexibility index (Phi) is 2.65. The summed E-state index contributed by atoms with van der Waals surface area (Å²) in [4.78, 5) is 13.9. The number of ether oxygens (including phenoxy) is 1. The number of morpholine rings is 1. The minimum atomic E-state index is -0.0227. The topological polar surface area (TPSA) is 54.1 Å². The summed E-state index contributed by atoms with van der Waals surface area (Å²) in [5.41, 5.74) is 1.81. The van der Waals surface area contributed by atoms with Crippen LogP contribution in [0.3, 0.4) is 0 Å². The van der Waals surface area contributed by atoms with Gasteiger partial charge in [-0.25, -0.2) is 0 Å². The first-order valence-electron chi connectivity index (χ1n) is 4.78. The van der Waals surface area contributed by atoms with Crippen molar-refractivity contribution in [2.75, 3.05) is 19.8 Å². The smallest absolute Gasteiger partial charge is 0.250 e. The van der Waals surface area contributed by atoms with Crippen molar-refractivity contribution in [3.8, 4) is 0 Å². The number of rotatable bonds is 1. The zero-order valence-electron chi connectivity index (χ0n) is 8.17. The molecule has 0 aliphatic carbocycles. The SMILES string of the molecule is Cc1cc([C@@H]2COCCN2)c[nH]c1=O. The van der Waals surface area contributed by atoms with Crippen LogP contribution < -0.4 is 10.9 Å². The van der Waals surface area contributed by atoms with Gasteiger partial charge >= 0.3 is 0 Å². The Bertz CT molecular complexity index is 367. The first-order chi connectivity index (χ1) is 6.77. The summed E-state index contributed by atoms with van der Waals surface area (Å²) in [6.07, 6.45) is 1.75. The molecule has 2 rings (SSSR count). The zero-order valence-corrected chi connectivity index (χ0v) is 8.17. The fourth-order valence-electron chi connectivity index (χ4n) is 1.60. The maximum atomic E-state index is 11.1. The molecule has 14 heavy (non-hydrogen) atoms. The lowest BCUT2D eigenvalue weighted by molar-refractivity contribution is 0.0767. The average Bonchev–Trinajstić information content (AvgIpc) is 2.23. The molecule has 0 amide bonds. The molecule has 0 bridgehead atoms. The van der Waals surface area contributed by atoms with E-state index in [0.29, 0.717) is 6.61 Å². The van der Waals surface area contributed by atoms with Crippen molar-refractivity contribution >= 4 is 0 Å². The summed E-state index contributed by atoms with van der Waals surface area (Å²) in [5.74, 6) is 0. The predicted molar refractivity (Wildman–Crippen MR) is 53.4 cm³/mol. The van der Waals surface area contributed by atoms with E-state index in [-0.39, 0.29) is 11.6 Å². The third kappa shape index (κ3) is 1.86. The Morgan fingerprint density at radius 3 is 3.07 bits per heavy atom. The first-order valence-corrected chi connectivity index (χ1v) is 4.78. The van der Waals surface area contributed by atoms with Gasteiger partial charge in [0.05, 0.1) is 19.3 Å². The maximum absolute atomic E-state index is 11.1. The molecule has 0 radical (unpaired) electrons. The van der Waals surface area contributed by atoms with Gasteiger partial charge in [0.25, 0.3) is 5.56 Å². The molecular formula is C10H14N2O2. The summed E-state index contributed by atoms with van der Waals surface area (Å²) in [5, 5.41) is 3.34. The molecule has 4 nitrogen and oxygen atoms in total. The quantitative estimate of drug-likeness (QED) is 0.678. The Hall–Kier alpha value is -1.13. The number of hydrogen-bond donors (Lipinski definition) is 2. The van der Waals surface area contributed by atoms with E-state index in [4.69, 9.17) is 4.74 Å². The van der Waals surface area contributed by atoms with Gasteiger partial charge in [-0.3, -0.25) is 4.79 Å². The van der Waals surface area contributed by atoms with E-state index in [1.165, 1.54) is 0 Å². The second kappa shape index (κ2) is 3.94. The van der Waals surface area contributed by atoms with E-state index in [2.05, 4.69) is 10.3 Å². The second-order valence-electron chi connectivity index (χ2n) is 3.53. The van der Waals surface area contributed by atoms with Crippen LogP contribution in [0.1, 0.15) is 17.2 Å². The molecular weight excluding hydrogens is 180 g/mol. The molecule has 0 spiro atoms. The van der Waals surface area contributed by atoms with Crippen molar-refractivity contribution in [2.24, 2.45) is 0 Å². The molecule has 1 aliphatic rings. The molecule has 2 heterocycles. The van der Waals surface area contributed by atoms with E-state index in [1.54, 1.807) is 6.20 Å². The van der Waals surface area contributed by atoms with Crippen molar-refractivity contribution < 1.29 is 4.74 Å². The van der Waals surface area contributed by atoms with E-state index in [9.17, 15) is 4.79 Å². The number of pyridine rings is 1. The van der Waals surface area contributed by atoms with Crippen LogP contribution in [0, 0.1) is 6.92 Å². The van der Waals surface area contributed by atoms with Gasteiger partial charge in [-0.05, 0) is 18.6 Å². The van der Waals surface area contributed by atoms with Gasteiger partial charge in [-0.15, -0.1) is 0 Å². The van der Waals surface area contributed by atoms with Gasteiger partial charge in [0.2, 0.25) is 0 Å². The monoisotopic (exact) mass is 194 g/mol. The summed E-state index contributed by atoms with van der Waals surface area (Å²) in [6.45, 7) is 4.11. The first kappa shape index (κ1) is 9.43. The van der Waals surface area contributed by atoms with Crippen LogP contribution in [0.25, 0.3) is 0 Å². The zero-order chi connectivity index (χ0) is 9.97. The third-order valence-electron chi connectivity index (χ3n) is 2.44. The molecule has 0 unspecified atom stereocenters. The largest absolute Gasteiger partial charge is 0.378 e. The van der Waals surface area contributed by atoms with Crippen molar-refractivity contribution in [3.05, 3.63) is 33.7 Å². The van der Waals surface area contributed by atoms with Crippen LogP contribution in [0.2, 0.25) is 0 Å². The van der Waals surface area contributed by atoms with Gasteiger partial charge in [0.1, 0.15) is 0 Å². The highest BCUT2D eigenvalue weighted by Crippen LogP contribution is 2.14. The summed E-state index contributed by atoms with van der Waals surface area (Å²) in [6, 6.07) is 2.12. The number of aromatic nitrogens is 1. The van der Waals surface area contributed by atoms with Crippen molar-refractivity contribution in [1.29, 1.82) is 0 Å². The Morgan fingerprint density at radius 2 is 2.43 bits per heavy atom. The van der Waals surface area contributed by atoms with Crippen LogP contribution >= 0.6 is 0 Å². The number of H-pyrrole nitrogens is 1. The molecule has 1 aliphatic heterocycles. The highest BCUT2D eigenvalue weighted by Gasteiger charge is 2.15. The van der Waals surface area contributed by atoms with Crippen LogP contribution in [0.4, 0.5) is 0 Å². The lowest BCUT2D eigenvalue weighted by Gasteiger charge is -2.24. The van der Waals surface area contributed by atoms with Gasteiger partial charge < -0.3 is 15.0 Å². The lowest BCUT2D eigenvalue weighted by atomic mass is 10.1. The highest BCUT2D eigenvalue weighted by molar-refractivity contribution is 5.20. The Balaban J connectivity index is 2.22. The van der Waals surface area contributed by atoms with Crippen LogP contribution in [-0.2, 0) is 4.74 Å². The van der Waals surface area contributed by atoms with Gasteiger partial charge in [0, 0.05) is 18.3 Å². The molecule has 1 saturated heterocycles. The maximum Gasteiger partial charge on any atom is 0.250 e. The summed E-state index contributed by atoms with van der Waals surface area (Å²) < 4.78 is 5.35. The molecule has 1 aromatic rings. The number of hydrogen-bond acceptors (Lipinski definition) is 3. The minimum absolute atomic E-state index is 0.0227. The lowest BCUT2D eigenvalue weighted by Crippen LogP contribution is -2.35. The van der Waals surface area contributed by atoms with Crippen molar-refractivity contribution in [3.63, 3.8) is 0 Å². The van der Waals surface area contributed by atoms with Crippen molar-refractivity contribution in [1.82, 2.24) is 10.3 Å². The molecule has 0 saturated carbocycles. The predicted octanol–water partition coefficient (Wildman–Crippen LogP) is 0.344. The fourth-order valence-corrected chi connectivity index (χ4v) is 1.60. The molecule has 0 aromatic carbocycles. The minimum Gasteiger partial charge on any atom is -0.378 e. The molecule has 1 fully saturated rings. The van der Waals surface area contributed by atoms with E-state index < -0.39 is 0 Å². The standard InChI is InChI=1S/C10H14N2O2/c1-7-4-8(5-12-10(7)13)9-6-14-3-2-11-9/h4-5,9,11H,2-3,6H2,1H3,(H,12,13)/t9-/m0/s1. The molecule has 76 valence electrons. The summed E-state index contributed by atoms with van der Waals surface area (Å²) in [7, 11) is 0. The van der Waals surface area contributed by atoms with Gasteiger partial charge in [-0.2, -0.15) is 0 Å². The molecule has 1 aromatic heterocycles. The fraction of sp³-hybridized carbons (Fsp3) is 0.500.